The van der Waals surface area contributed by atoms with Crippen LogP contribution in [0.4, 0.5) is 0 Å². The molecule has 0 aliphatic heterocycles. The second kappa shape index (κ2) is 5.42. The fourth-order valence-electron chi connectivity index (χ4n) is 2.26. The van der Waals surface area contributed by atoms with Crippen LogP contribution in [0.15, 0.2) is 69.3 Å². The van der Waals surface area contributed by atoms with Gasteiger partial charge in [0.2, 0.25) is 14.9 Å². The molecule has 0 unspecified atom stereocenters. The first-order chi connectivity index (χ1) is 10.5. The molecule has 0 spiro atoms. The van der Waals surface area contributed by atoms with Gasteiger partial charge in [0.15, 0.2) is 12.2 Å². The van der Waals surface area contributed by atoms with Crippen molar-refractivity contribution < 1.29 is 12.8 Å². The Hall–Kier alpha value is -2.40. The summed E-state index contributed by atoms with van der Waals surface area (Å²) in [5, 5.41) is -0.0503. The number of aromatic nitrogens is 1. The Morgan fingerprint density at radius 2 is 1.64 bits per heavy atom. The van der Waals surface area contributed by atoms with E-state index in [2.05, 4.69) is 4.98 Å². The van der Waals surface area contributed by atoms with Crippen LogP contribution in [0.3, 0.4) is 0 Å². The zero-order valence-corrected chi connectivity index (χ0v) is 13.1. The van der Waals surface area contributed by atoms with Gasteiger partial charge < -0.3 is 4.42 Å². The average molecular weight is 313 g/mol. The molecular weight excluding hydrogens is 298 g/mol. The summed E-state index contributed by atoms with van der Waals surface area (Å²) in [6, 6.07) is 14.2. The Labute approximate surface area is 129 Å². The number of rotatable bonds is 3. The van der Waals surface area contributed by atoms with E-state index in [9.17, 15) is 8.42 Å². The zero-order chi connectivity index (χ0) is 15.7. The Balaban J connectivity index is 2.16. The van der Waals surface area contributed by atoms with Crippen molar-refractivity contribution in [1.82, 2.24) is 4.98 Å². The molecule has 4 nitrogen and oxygen atoms in total. The minimum Gasteiger partial charge on any atom is -0.442 e. The van der Waals surface area contributed by atoms with E-state index >= 15 is 0 Å². The van der Waals surface area contributed by atoms with Crippen LogP contribution in [0.2, 0.25) is 0 Å². The van der Waals surface area contributed by atoms with Crippen molar-refractivity contribution in [3.63, 3.8) is 0 Å². The van der Waals surface area contributed by atoms with Crippen LogP contribution in [0.5, 0.6) is 0 Å². The molecule has 0 saturated heterocycles. The Kier molecular flexibility index (Phi) is 3.58. The minimum absolute atomic E-state index is 0.0503. The van der Waals surface area contributed by atoms with E-state index in [1.165, 1.54) is 6.39 Å². The van der Waals surface area contributed by atoms with Crippen LogP contribution < -0.4 is 0 Å². The van der Waals surface area contributed by atoms with E-state index in [1.807, 2.05) is 38.1 Å². The van der Waals surface area contributed by atoms with E-state index in [4.69, 9.17) is 4.42 Å². The normalized spacial score (nSPS) is 11.5. The SMILES string of the molecule is Cc1ccc(S(=O)(=O)c2ncoc2-c2ccccc2C)cc1. The van der Waals surface area contributed by atoms with Gasteiger partial charge in [0.05, 0.1) is 4.90 Å². The summed E-state index contributed by atoms with van der Waals surface area (Å²) in [5.41, 5.74) is 2.66. The second-order valence-electron chi connectivity index (χ2n) is 5.12. The van der Waals surface area contributed by atoms with E-state index in [1.54, 1.807) is 24.3 Å². The molecule has 1 aromatic heterocycles. The van der Waals surface area contributed by atoms with Crippen LogP contribution in [0, 0.1) is 13.8 Å². The highest BCUT2D eigenvalue weighted by Gasteiger charge is 2.27. The van der Waals surface area contributed by atoms with Crippen LogP contribution in [0.1, 0.15) is 11.1 Å². The summed E-state index contributed by atoms with van der Waals surface area (Å²) < 4.78 is 31.0. The van der Waals surface area contributed by atoms with Gasteiger partial charge in [0.1, 0.15) is 0 Å². The van der Waals surface area contributed by atoms with Gasteiger partial charge in [-0.2, -0.15) is 0 Å². The molecule has 0 saturated carbocycles. The van der Waals surface area contributed by atoms with E-state index in [-0.39, 0.29) is 15.7 Å². The zero-order valence-electron chi connectivity index (χ0n) is 12.3. The molecule has 0 radical (unpaired) electrons. The largest absolute Gasteiger partial charge is 0.442 e. The summed E-state index contributed by atoms with van der Waals surface area (Å²) in [5.74, 6) is 0.277. The molecular formula is C17H15NO3S. The summed E-state index contributed by atoms with van der Waals surface area (Å²) in [6.45, 7) is 3.81. The quantitative estimate of drug-likeness (QED) is 0.738. The van der Waals surface area contributed by atoms with Crippen molar-refractivity contribution in [3.8, 4) is 11.3 Å². The van der Waals surface area contributed by atoms with Crippen molar-refractivity contribution in [1.29, 1.82) is 0 Å². The topological polar surface area (TPSA) is 60.2 Å². The monoisotopic (exact) mass is 313 g/mol. The molecule has 0 N–H and O–H groups in total. The third kappa shape index (κ3) is 2.44. The highest BCUT2D eigenvalue weighted by Crippen LogP contribution is 2.32. The molecule has 22 heavy (non-hydrogen) atoms. The predicted molar refractivity (Wildman–Crippen MR) is 83.3 cm³/mol. The Morgan fingerprint density at radius 1 is 0.955 bits per heavy atom. The second-order valence-corrected chi connectivity index (χ2v) is 6.98. The van der Waals surface area contributed by atoms with Crippen molar-refractivity contribution >= 4 is 9.84 Å². The van der Waals surface area contributed by atoms with Crippen molar-refractivity contribution in [2.45, 2.75) is 23.8 Å². The molecule has 112 valence electrons. The third-order valence-corrected chi connectivity index (χ3v) is 5.20. The molecule has 3 aromatic rings. The smallest absolute Gasteiger partial charge is 0.227 e. The van der Waals surface area contributed by atoms with Crippen molar-refractivity contribution in [2.75, 3.05) is 0 Å². The first kappa shape index (κ1) is 14.5. The number of nitrogens with zero attached hydrogens (tertiary/aromatic N) is 1. The number of benzene rings is 2. The molecule has 1 heterocycles. The van der Waals surface area contributed by atoms with Gasteiger partial charge in [-0.05, 0) is 31.5 Å². The Morgan fingerprint density at radius 3 is 2.32 bits per heavy atom. The number of hydrogen-bond donors (Lipinski definition) is 0. The molecule has 0 fully saturated rings. The molecule has 0 atom stereocenters. The highest BCUT2D eigenvalue weighted by atomic mass is 32.2. The molecule has 3 rings (SSSR count). The first-order valence-corrected chi connectivity index (χ1v) is 8.30. The van der Waals surface area contributed by atoms with Crippen molar-refractivity contribution in [3.05, 3.63) is 66.1 Å². The highest BCUT2D eigenvalue weighted by molar-refractivity contribution is 7.91. The van der Waals surface area contributed by atoms with Gasteiger partial charge >= 0.3 is 0 Å². The maximum Gasteiger partial charge on any atom is 0.227 e. The van der Waals surface area contributed by atoms with Gasteiger partial charge in [0, 0.05) is 5.56 Å². The van der Waals surface area contributed by atoms with Crippen LogP contribution in [0.25, 0.3) is 11.3 Å². The summed E-state index contributed by atoms with van der Waals surface area (Å²) in [4.78, 5) is 4.16. The van der Waals surface area contributed by atoms with E-state index in [0.29, 0.717) is 0 Å². The lowest BCUT2D eigenvalue weighted by molar-refractivity contribution is 0.567. The van der Waals surface area contributed by atoms with Crippen LogP contribution >= 0.6 is 0 Å². The molecule has 0 amide bonds. The molecule has 0 aliphatic rings. The molecule has 0 aliphatic carbocycles. The molecule has 0 bridgehead atoms. The number of sulfone groups is 1. The number of aryl methyl sites for hydroxylation is 2. The molecule has 5 heteroatoms. The lowest BCUT2D eigenvalue weighted by Gasteiger charge is -2.06. The third-order valence-electron chi connectivity index (χ3n) is 3.51. The van der Waals surface area contributed by atoms with Gasteiger partial charge in [0.25, 0.3) is 0 Å². The van der Waals surface area contributed by atoms with Gasteiger partial charge in [-0.25, -0.2) is 13.4 Å². The lowest BCUT2D eigenvalue weighted by atomic mass is 10.1. The van der Waals surface area contributed by atoms with Gasteiger partial charge in [-0.15, -0.1) is 0 Å². The van der Waals surface area contributed by atoms with E-state index < -0.39 is 9.84 Å². The minimum atomic E-state index is -3.71. The maximum absolute atomic E-state index is 12.8. The van der Waals surface area contributed by atoms with Gasteiger partial charge in [-0.3, -0.25) is 0 Å². The summed E-state index contributed by atoms with van der Waals surface area (Å²) in [7, 11) is -3.71. The van der Waals surface area contributed by atoms with Crippen molar-refractivity contribution in [2.24, 2.45) is 0 Å². The number of oxazole rings is 1. The summed E-state index contributed by atoms with van der Waals surface area (Å²) >= 11 is 0. The average Bonchev–Trinajstić information content (AvgIpc) is 2.98. The fraction of sp³-hybridized carbons (Fsp3) is 0.118. The van der Waals surface area contributed by atoms with Gasteiger partial charge in [-0.1, -0.05) is 42.0 Å². The first-order valence-electron chi connectivity index (χ1n) is 6.81. The lowest BCUT2D eigenvalue weighted by Crippen LogP contribution is -2.04. The van der Waals surface area contributed by atoms with Crippen LogP contribution in [-0.4, -0.2) is 13.4 Å². The number of hydrogen-bond acceptors (Lipinski definition) is 4. The van der Waals surface area contributed by atoms with E-state index in [0.717, 1.165) is 16.7 Å². The standard InChI is InChI=1S/C17H15NO3S/c1-12-7-9-14(10-8-12)22(19,20)17-16(21-11-18-17)15-6-4-3-5-13(15)2/h3-11H,1-2H3. The van der Waals surface area contributed by atoms with Crippen LogP contribution in [-0.2, 0) is 9.84 Å². The summed E-state index contributed by atoms with van der Waals surface area (Å²) in [6.07, 6.45) is 1.17. The predicted octanol–water partition coefficient (Wildman–Crippen LogP) is 3.79. The molecule has 2 aromatic carbocycles. The maximum atomic E-state index is 12.8. The Bertz CT molecular complexity index is 909. The fourth-order valence-corrected chi connectivity index (χ4v) is 3.56.